The lowest BCUT2D eigenvalue weighted by Gasteiger charge is -2.29. The fraction of sp³-hybridized carbons (Fsp3) is 0.346. The number of anilines is 2. The molecule has 0 saturated heterocycles. The highest BCUT2D eigenvalue weighted by Crippen LogP contribution is 2.28. The molecule has 194 valence electrons. The lowest BCUT2D eigenvalue weighted by Crippen LogP contribution is -2.33. The highest BCUT2D eigenvalue weighted by molar-refractivity contribution is 5.94. The zero-order valence-electron chi connectivity index (χ0n) is 21.4. The SMILES string of the molecule is CC(C)n1nc(C(=O)NCc2ccc(NC(=O)N(C)C)cc2)c2c1CCN(c1ccc(C(=O)O)cn1)C2. The van der Waals surface area contributed by atoms with Crippen molar-refractivity contribution < 1.29 is 19.5 Å². The van der Waals surface area contributed by atoms with Gasteiger partial charge in [-0.05, 0) is 43.7 Å². The molecule has 37 heavy (non-hydrogen) atoms. The predicted octanol–water partition coefficient (Wildman–Crippen LogP) is 3.14. The predicted molar refractivity (Wildman–Crippen MR) is 139 cm³/mol. The first-order valence-electron chi connectivity index (χ1n) is 12.0. The van der Waals surface area contributed by atoms with E-state index in [1.807, 2.05) is 35.6 Å². The van der Waals surface area contributed by atoms with E-state index in [1.165, 1.54) is 17.2 Å². The Hall–Kier alpha value is -4.41. The van der Waals surface area contributed by atoms with Gasteiger partial charge in [-0.1, -0.05) is 12.1 Å². The van der Waals surface area contributed by atoms with E-state index in [4.69, 9.17) is 5.11 Å². The Kier molecular flexibility index (Phi) is 7.42. The lowest BCUT2D eigenvalue weighted by atomic mass is 10.0. The average molecular weight is 506 g/mol. The Labute approximate surface area is 215 Å². The molecule has 0 aliphatic carbocycles. The second-order valence-corrected chi connectivity index (χ2v) is 9.40. The molecule has 0 bridgehead atoms. The maximum Gasteiger partial charge on any atom is 0.337 e. The molecule has 3 aromatic rings. The van der Waals surface area contributed by atoms with Crippen LogP contribution in [0.5, 0.6) is 0 Å². The molecular weight excluding hydrogens is 474 g/mol. The van der Waals surface area contributed by atoms with Crippen molar-refractivity contribution in [2.24, 2.45) is 0 Å². The molecule has 0 fully saturated rings. The summed E-state index contributed by atoms with van der Waals surface area (Å²) in [5.41, 5.74) is 3.94. The number of fused-ring (bicyclic) bond motifs is 1. The summed E-state index contributed by atoms with van der Waals surface area (Å²) in [5, 5.41) is 19.5. The first-order valence-corrected chi connectivity index (χ1v) is 12.0. The molecule has 0 atom stereocenters. The van der Waals surface area contributed by atoms with Crippen molar-refractivity contribution in [3.05, 3.63) is 70.7 Å². The summed E-state index contributed by atoms with van der Waals surface area (Å²) in [5.74, 6) is -0.637. The summed E-state index contributed by atoms with van der Waals surface area (Å²) in [6, 6.07) is 10.4. The average Bonchev–Trinajstić information content (AvgIpc) is 3.27. The first kappa shape index (κ1) is 25.7. The normalized spacial score (nSPS) is 12.7. The Bertz CT molecular complexity index is 1300. The molecule has 3 heterocycles. The number of benzene rings is 1. The minimum Gasteiger partial charge on any atom is -0.478 e. The summed E-state index contributed by atoms with van der Waals surface area (Å²) in [6.07, 6.45) is 2.03. The number of nitrogens with zero attached hydrogens (tertiary/aromatic N) is 5. The Morgan fingerprint density at radius 1 is 1.11 bits per heavy atom. The Morgan fingerprint density at radius 3 is 2.43 bits per heavy atom. The highest BCUT2D eigenvalue weighted by atomic mass is 16.4. The number of urea groups is 1. The van der Waals surface area contributed by atoms with Crippen molar-refractivity contribution in [2.75, 3.05) is 30.9 Å². The zero-order chi connectivity index (χ0) is 26.7. The number of nitrogens with one attached hydrogen (secondary N) is 2. The van der Waals surface area contributed by atoms with Crippen LogP contribution in [-0.2, 0) is 19.5 Å². The molecule has 0 radical (unpaired) electrons. The number of rotatable bonds is 7. The number of carbonyl (C=O) groups excluding carboxylic acids is 2. The molecule has 1 aromatic carbocycles. The van der Waals surface area contributed by atoms with Crippen molar-refractivity contribution >= 4 is 29.4 Å². The number of carbonyl (C=O) groups is 3. The topological polar surface area (TPSA) is 133 Å². The third kappa shape index (κ3) is 5.71. The molecule has 0 saturated carbocycles. The highest BCUT2D eigenvalue weighted by Gasteiger charge is 2.29. The van der Waals surface area contributed by atoms with Gasteiger partial charge in [0.05, 0.1) is 5.56 Å². The number of aromatic carboxylic acids is 1. The zero-order valence-corrected chi connectivity index (χ0v) is 21.4. The maximum absolute atomic E-state index is 13.2. The van der Waals surface area contributed by atoms with E-state index in [0.29, 0.717) is 43.3 Å². The van der Waals surface area contributed by atoms with Crippen molar-refractivity contribution in [3.8, 4) is 0 Å². The van der Waals surface area contributed by atoms with Gasteiger partial charge >= 0.3 is 12.0 Å². The van der Waals surface area contributed by atoms with Crippen LogP contribution in [0.1, 0.15) is 57.6 Å². The number of hydrogen-bond acceptors (Lipinski definition) is 6. The number of hydrogen-bond donors (Lipinski definition) is 3. The molecule has 3 amide bonds. The van der Waals surface area contributed by atoms with Gasteiger partial charge in [-0.15, -0.1) is 0 Å². The molecule has 0 spiro atoms. The third-order valence-electron chi connectivity index (χ3n) is 6.17. The quantitative estimate of drug-likeness (QED) is 0.449. The second kappa shape index (κ2) is 10.7. The van der Waals surface area contributed by atoms with Gasteiger partial charge in [0, 0.05) is 69.3 Å². The van der Waals surface area contributed by atoms with Crippen LogP contribution in [0.2, 0.25) is 0 Å². The van der Waals surface area contributed by atoms with Crippen LogP contribution in [0, 0.1) is 0 Å². The van der Waals surface area contributed by atoms with Gasteiger partial charge in [-0.25, -0.2) is 14.6 Å². The van der Waals surface area contributed by atoms with Gasteiger partial charge in [0.1, 0.15) is 5.82 Å². The van der Waals surface area contributed by atoms with E-state index in [0.717, 1.165) is 16.8 Å². The molecule has 4 rings (SSSR count). The summed E-state index contributed by atoms with van der Waals surface area (Å²) in [4.78, 5) is 44.0. The minimum atomic E-state index is -1.02. The van der Waals surface area contributed by atoms with Crippen molar-refractivity contribution in [1.82, 2.24) is 25.0 Å². The number of aromatic nitrogens is 3. The number of pyridine rings is 1. The van der Waals surface area contributed by atoms with Crippen LogP contribution >= 0.6 is 0 Å². The van der Waals surface area contributed by atoms with Gasteiger partial charge in [-0.2, -0.15) is 5.10 Å². The molecule has 2 aromatic heterocycles. The monoisotopic (exact) mass is 505 g/mol. The first-order chi connectivity index (χ1) is 17.6. The smallest absolute Gasteiger partial charge is 0.337 e. The van der Waals surface area contributed by atoms with Crippen molar-refractivity contribution in [3.63, 3.8) is 0 Å². The summed E-state index contributed by atoms with van der Waals surface area (Å²) in [6.45, 7) is 5.51. The minimum absolute atomic E-state index is 0.0970. The summed E-state index contributed by atoms with van der Waals surface area (Å²) in [7, 11) is 3.34. The van der Waals surface area contributed by atoms with Gasteiger partial charge in [0.15, 0.2) is 5.69 Å². The molecule has 1 aliphatic rings. The van der Waals surface area contributed by atoms with Crippen LogP contribution in [-0.4, -0.2) is 63.3 Å². The number of carboxylic acid groups (broad SMARTS) is 1. The lowest BCUT2D eigenvalue weighted by molar-refractivity contribution is 0.0696. The standard InChI is InChI=1S/C26H31N7O4/c1-16(2)33-21-11-12-32(22-10-7-18(14-27-22)25(35)36)15-20(21)23(30-33)24(34)28-13-17-5-8-19(9-6-17)29-26(37)31(3)4/h5-10,14,16H,11-13,15H2,1-4H3,(H,28,34)(H,29,37)(H,35,36). The van der Waals surface area contributed by atoms with Gasteiger partial charge < -0.3 is 25.5 Å². The third-order valence-corrected chi connectivity index (χ3v) is 6.17. The summed E-state index contributed by atoms with van der Waals surface area (Å²) >= 11 is 0. The molecule has 0 unspecified atom stereocenters. The van der Waals surface area contributed by atoms with E-state index in [-0.39, 0.29) is 23.5 Å². The maximum atomic E-state index is 13.2. The second-order valence-electron chi connectivity index (χ2n) is 9.40. The van der Waals surface area contributed by atoms with E-state index in [1.54, 1.807) is 32.3 Å². The van der Waals surface area contributed by atoms with Crippen LogP contribution in [0.4, 0.5) is 16.3 Å². The van der Waals surface area contributed by atoms with E-state index < -0.39 is 5.97 Å². The van der Waals surface area contributed by atoms with Crippen LogP contribution < -0.4 is 15.5 Å². The van der Waals surface area contributed by atoms with Crippen molar-refractivity contribution in [1.29, 1.82) is 0 Å². The van der Waals surface area contributed by atoms with E-state index in [2.05, 4.69) is 20.7 Å². The van der Waals surface area contributed by atoms with Gasteiger partial charge in [0.2, 0.25) is 0 Å². The fourth-order valence-electron chi connectivity index (χ4n) is 4.16. The molecule has 3 N–H and O–H groups in total. The Morgan fingerprint density at radius 2 is 1.84 bits per heavy atom. The van der Waals surface area contributed by atoms with Crippen LogP contribution in [0.25, 0.3) is 0 Å². The van der Waals surface area contributed by atoms with Crippen LogP contribution in [0.3, 0.4) is 0 Å². The Balaban J connectivity index is 1.48. The van der Waals surface area contributed by atoms with Crippen LogP contribution in [0.15, 0.2) is 42.6 Å². The number of amides is 3. The van der Waals surface area contributed by atoms with E-state index >= 15 is 0 Å². The molecule has 1 aliphatic heterocycles. The molecule has 11 nitrogen and oxygen atoms in total. The van der Waals surface area contributed by atoms with Gasteiger partial charge in [-0.3, -0.25) is 9.48 Å². The van der Waals surface area contributed by atoms with Crippen molar-refractivity contribution in [2.45, 2.75) is 39.4 Å². The summed E-state index contributed by atoms with van der Waals surface area (Å²) < 4.78 is 1.91. The fourth-order valence-corrected chi connectivity index (χ4v) is 4.16. The molecule has 11 heteroatoms. The van der Waals surface area contributed by atoms with E-state index in [9.17, 15) is 14.4 Å². The molecular formula is C26H31N7O4. The number of carboxylic acids is 1. The van der Waals surface area contributed by atoms with Gasteiger partial charge in [0.25, 0.3) is 5.91 Å². The largest absolute Gasteiger partial charge is 0.478 e.